The van der Waals surface area contributed by atoms with Crippen molar-refractivity contribution in [1.82, 2.24) is 0 Å². The molecule has 250 valence electrons. The van der Waals surface area contributed by atoms with Crippen molar-refractivity contribution < 1.29 is 0 Å². The van der Waals surface area contributed by atoms with Gasteiger partial charge in [-0.2, -0.15) is 0 Å². The van der Waals surface area contributed by atoms with Crippen LogP contribution >= 0.6 is 0 Å². The van der Waals surface area contributed by atoms with Gasteiger partial charge in [-0.25, -0.2) is 0 Å². The monoisotopic (exact) mass is 683 g/mol. The predicted octanol–water partition coefficient (Wildman–Crippen LogP) is 14.0. The Kier molecular flexibility index (Phi) is 6.04. The van der Waals surface area contributed by atoms with Crippen LogP contribution in [-0.4, -0.2) is 0 Å². The molecule has 0 radical (unpaired) electrons. The molecule has 12 rings (SSSR count). The molecule has 9 aromatic carbocycles. The van der Waals surface area contributed by atoms with Gasteiger partial charge in [0.2, 0.25) is 0 Å². The van der Waals surface area contributed by atoms with Gasteiger partial charge in [-0.15, -0.1) is 0 Å². The lowest BCUT2D eigenvalue weighted by Gasteiger charge is -2.31. The molecule has 54 heavy (non-hydrogen) atoms. The standard InChI is InChI=1S/C53H33N/c1-3-14-36(15-4-1)54(37-16-5-2-6-17-37)38-29-26-34(27-30-38)35-28-31-49-45(32-35)41-20-9-11-24-47(41)53(49)48-25-12-10-21-43(48)52-44-23-13-22-42-39-18-7-8-19-40(39)46(51(42)44)33-50(52)53/h1-33H. The second kappa shape index (κ2) is 11.0. The SMILES string of the molecule is c1ccc(N(c2ccccc2)c2ccc(-c3ccc4c(c3)-c3ccccc3C43c4ccccc4-c4c3cc3c5c(cccc45)-c4ccccc4-3)cc2)cc1. The molecular formula is C53H33N. The van der Waals surface area contributed by atoms with E-state index in [1.54, 1.807) is 0 Å². The van der Waals surface area contributed by atoms with Crippen LogP contribution in [0.5, 0.6) is 0 Å². The summed E-state index contributed by atoms with van der Waals surface area (Å²) in [5.74, 6) is 0. The molecule has 1 unspecified atom stereocenters. The number of fused-ring (bicyclic) bond motifs is 14. The van der Waals surface area contributed by atoms with Crippen LogP contribution in [0, 0.1) is 0 Å². The lowest BCUT2D eigenvalue weighted by atomic mass is 9.70. The first-order chi connectivity index (χ1) is 26.8. The zero-order chi connectivity index (χ0) is 35.4. The zero-order valence-corrected chi connectivity index (χ0v) is 29.5. The summed E-state index contributed by atoms with van der Waals surface area (Å²) in [6.45, 7) is 0. The highest BCUT2D eigenvalue weighted by molar-refractivity contribution is 6.21. The Morgan fingerprint density at radius 2 is 0.815 bits per heavy atom. The van der Waals surface area contributed by atoms with Gasteiger partial charge in [0, 0.05) is 17.1 Å². The van der Waals surface area contributed by atoms with Crippen LogP contribution in [0.15, 0.2) is 200 Å². The van der Waals surface area contributed by atoms with Crippen molar-refractivity contribution >= 4 is 27.8 Å². The summed E-state index contributed by atoms with van der Waals surface area (Å²) in [5, 5.41) is 2.73. The Labute approximate surface area is 315 Å². The molecule has 1 spiro atoms. The average molecular weight is 684 g/mol. The first kappa shape index (κ1) is 29.6. The second-order valence-electron chi connectivity index (χ2n) is 14.8. The second-order valence-corrected chi connectivity index (χ2v) is 14.8. The van der Waals surface area contributed by atoms with E-state index in [4.69, 9.17) is 0 Å². The topological polar surface area (TPSA) is 3.24 Å². The number of benzene rings is 9. The number of nitrogens with zero attached hydrogens (tertiary/aromatic N) is 1. The third-order valence-corrected chi connectivity index (χ3v) is 12.2. The number of hydrogen-bond acceptors (Lipinski definition) is 1. The van der Waals surface area contributed by atoms with Crippen molar-refractivity contribution in [2.45, 2.75) is 5.41 Å². The van der Waals surface area contributed by atoms with Crippen LogP contribution in [0.4, 0.5) is 17.1 Å². The maximum absolute atomic E-state index is 2.55. The van der Waals surface area contributed by atoms with Crippen molar-refractivity contribution in [1.29, 1.82) is 0 Å². The van der Waals surface area contributed by atoms with E-state index in [9.17, 15) is 0 Å². The van der Waals surface area contributed by atoms with Gasteiger partial charge in [0.05, 0.1) is 5.41 Å². The van der Waals surface area contributed by atoms with Crippen LogP contribution in [0.2, 0.25) is 0 Å². The maximum Gasteiger partial charge on any atom is 0.0725 e. The molecule has 0 fully saturated rings. The summed E-state index contributed by atoms with van der Waals surface area (Å²) < 4.78 is 0. The summed E-state index contributed by atoms with van der Waals surface area (Å²) in [6.07, 6.45) is 0. The van der Waals surface area contributed by atoms with Crippen molar-refractivity contribution in [2.24, 2.45) is 0 Å². The Bertz CT molecular complexity index is 2940. The predicted molar refractivity (Wildman–Crippen MR) is 225 cm³/mol. The van der Waals surface area contributed by atoms with Gasteiger partial charge < -0.3 is 4.90 Å². The van der Waals surface area contributed by atoms with Crippen molar-refractivity contribution in [2.75, 3.05) is 4.90 Å². The van der Waals surface area contributed by atoms with Crippen LogP contribution < -0.4 is 4.90 Å². The van der Waals surface area contributed by atoms with Gasteiger partial charge in [0.25, 0.3) is 0 Å². The first-order valence-corrected chi connectivity index (χ1v) is 18.9. The molecule has 0 saturated heterocycles. The average Bonchev–Trinajstić information content (AvgIpc) is 3.84. The summed E-state index contributed by atoms with van der Waals surface area (Å²) >= 11 is 0. The third-order valence-electron chi connectivity index (χ3n) is 12.2. The van der Waals surface area contributed by atoms with E-state index in [0.717, 1.165) is 17.1 Å². The molecule has 0 aromatic heterocycles. The fourth-order valence-corrected chi connectivity index (χ4v) is 10.1. The minimum atomic E-state index is -0.412. The summed E-state index contributed by atoms with van der Waals surface area (Å²) in [7, 11) is 0. The maximum atomic E-state index is 2.55. The van der Waals surface area contributed by atoms with Crippen molar-refractivity contribution in [3.63, 3.8) is 0 Å². The van der Waals surface area contributed by atoms with Crippen LogP contribution in [0.1, 0.15) is 22.3 Å². The normalized spacial score (nSPS) is 15.1. The Morgan fingerprint density at radius 1 is 0.296 bits per heavy atom. The fraction of sp³-hybridized carbons (Fsp3) is 0.0189. The van der Waals surface area contributed by atoms with Crippen LogP contribution in [-0.2, 0) is 5.41 Å². The zero-order valence-electron chi connectivity index (χ0n) is 29.5. The molecule has 9 aromatic rings. The molecular weight excluding hydrogens is 651 g/mol. The Balaban J connectivity index is 1.05. The van der Waals surface area contributed by atoms with E-state index in [1.807, 2.05) is 0 Å². The van der Waals surface area contributed by atoms with E-state index in [2.05, 4.69) is 205 Å². The molecule has 0 amide bonds. The van der Waals surface area contributed by atoms with E-state index < -0.39 is 5.41 Å². The minimum absolute atomic E-state index is 0.412. The van der Waals surface area contributed by atoms with Crippen molar-refractivity contribution in [3.05, 3.63) is 222 Å². The molecule has 0 bridgehead atoms. The van der Waals surface area contributed by atoms with Gasteiger partial charge in [-0.05, 0) is 137 Å². The quantitative estimate of drug-likeness (QED) is 0.178. The molecule has 0 aliphatic heterocycles. The first-order valence-electron chi connectivity index (χ1n) is 18.9. The highest BCUT2D eigenvalue weighted by Gasteiger charge is 2.52. The number of hydrogen-bond donors (Lipinski definition) is 0. The molecule has 1 heteroatoms. The Morgan fingerprint density at radius 3 is 1.52 bits per heavy atom. The largest absolute Gasteiger partial charge is 0.311 e. The smallest absolute Gasteiger partial charge is 0.0725 e. The molecule has 3 aliphatic rings. The highest BCUT2D eigenvalue weighted by Crippen LogP contribution is 2.65. The van der Waals surface area contributed by atoms with Gasteiger partial charge in [-0.1, -0.05) is 152 Å². The van der Waals surface area contributed by atoms with Gasteiger partial charge >= 0.3 is 0 Å². The molecule has 0 saturated carbocycles. The lowest BCUT2D eigenvalue weighted by molar-refractivity contribution is 0.795. The van der Waals surface area contributed by atoms with Gasteiger partial charge in [0.1, 0.15) is 0 Å². The summed E-state index contributed by atoms with van der Waals surface area (Å²) in [4.78, 5) is 2.32. The minimum Gasteiger partial charge on any atom is -0.311 e. The summed E-state index contributed by atoms with van der Waals surface area (Å²) in [5.41, 5.74) is 21.6. The molecule has 3 aliphatic carbocycles. The van der Waals surface area contributed by atoms with E-state index >= 15 is 0 Å². The van der Waals surface area contributed by atoms with Gasteiger partial charge in [-0.3, -0.25) is 0 Å². The van der Waals surface area contributed by atoms with Gasteiger partial charge in [0.15, 0.2) is 0 Å². The van der Waals surface area contributed by atoms with E-state index in [-0.39, 0.29) is 0 Å². The molecule has 0 N–H and O–H groups in total. The molecule has 0 heterocycles. The van der Waals surface area contributed by atoms with Crippen LogP contribution in [0.3, 0.4) is 0 Å². The molecule has 1 atom stereocenters. The Hall–Kier alpha value is -6.96. The van der Waals surface area contributed by atoms with Crippen molar-refractivity contribution in [3.8, 4) is 55.6 Å². The number of para-hydroxylation sites is 2. The number of rotatable bonds is 4. The molecule has 1 nitrogen and oxygen atoms in total. The van der Waals surface area contributed by atoms with Crippen LogP contribution in [0.25, 0.3) is 66.4 Å². The third kappa shape index (κ3) is 3.83. The highest BCUT2D eigenvalue weighted by atomic mass is 15.1. The lowest BCUT2D eigenvalue weighted by Crippen LogP contribution is -2.25. The van der Waals surface area contributed by atoms with E-state index in [0.29, 0.717) is 0 Å². The van der Waals surface area contributed by atoms with E-state index in [1.165, 1.54) is 88.7 Å². The summed E-state index contributed by atoms with van der Waals surface area (Å²) in [6, 6.07) is 74.2. The fourth-order valence-electron chi connectivity index (χ4n) is 10.1. The number of anilines is 3.